The van der Waals surface area contributed by atoms with Gasteiger partial charge in [-0.05, 0) is 18.2 Å². The van der Waals surface area contributed by atoms with Gasteiger partial charge in [-0.2, -0.15) is 5.10 Å². The van der Waals surface area contributed by atoms with Crippen LogP contribution in [0.3, 0.4) is 0 Å². The quantitative estimate of drug-likeness (QED) is 0.785. The summed E-state index contributed by atoms with van der Waals surface area (Å²) in [5, 5.41) is 8.51. The fourth-order valence-corrected chi connectivity index (χ4v) is 2.73. The Morgan fingerprint density at radius 3 is 2.09 bits per heavy atom. The first-order chi connectivity index (χ1) is 10.4. The molecular formula is C13H12N4O4S. The molecule has 0 bridgehead atoms. The second-order valence-corrected chi connectivity index (χ2v) is 6.28. The van der Waals surface area contributed by atoms with E-state index < -0.39 is 10.0 Å². The van der Waals surface area contributed by atoms with Gasteiger partial charge in [-0.3, -0.25) is 19.2 Å². The summed E-state index contributed by atoms with van der Waals surface area (Å²) in [5.41, 5.74) is 0.747. The number of benzene rings is 1. The highest BCUT2D eigenvalue weighted by Crippen LogP contribution is 2.22. The molecule has 3 rings (SSSR count). The number of fused-ring (bicyclic) bond motifs is 1. The number of imide groups is 1. The van der Waals surface area contributed by atoms with E-state index in [2.05, 4.69) is 5.10 Å². The average Bonchev–Trinajstić information content (AvgIpc) is 3.03. The van der Waals surface area contributed by atoms with Crippen LogP contribution in [0.1, 0.15) is 20.7 Å². The summed E-state index contributed by atoms with van der Waals surface area (Å²) in [5.74, 6) is -0.723. The molecule has 0 radical (unpaired) electrons. The molecule has 0 spiro atoms. The Kier molecular flexibility index (Phi) is 3.30. The van der Waals surface area contributed by atoms with Crippen molar-refractivity contribution in [2.45, 2.75) is 11.6 Å². The Bertz CT molecular complexity index is 837. The van der Waals surface area contributed by atoms with E-state index in [-0.39, 0.29) is 29.9 Å². The summed E-state index contributed by atoms with van der Waals surface area (Å²) in [6.45, 7) is 0.277. The first kappa shape index (κ1) is 14.4. The molecule has 2 heterocycles. The van der Waals surface area contributed by atoms with Crippen molar-refractivity contribution in [2.75, 3.05) is 6.54 Å². The Morgan fingerprint density at radius 1 is 1.00 bits per heavy atom. The van der Waals surface area contributed by atoms with Crippen molar-refractivity contribution in [3.63, 3.8) is 0 Å². The SMILES string of the molecule is NS(=O)(=O)c1ccn(CCN2C(=O)c3ccccc3C2=O)n1. The van der Waals surface area contributed by atoms with Crippen molar-refractivity contribution in [1.29, 1.82) is 0 Å². The zero-order chi connectivity index (χ0) is 15.9. The van der Waals surface area contributed by atoms with Gasteiger partial charge in [0.05, 0.1) is 17.7 Å². The van der Waals surface area contributed by atoms with Crippen LogP contribution in [0, 0.1) is 0 Å². The van der Waals surface area contributed by atoms with E-state index in [4.69, 9.17) is 5.14 Å². The first-order valence-electron chi connectivity index (χ1n) is 6.39. The Balaban J connectivity index is 1.75. The van der Waals surface area contributed by atoms with E-state index in [0.717, 1.165) is 4.90 Å². The minimum atomic E-state index is -3.86. The van der Waals surface area contributed by atoms with Gasteiger partial charge in [0.2, 0.25) is 0 Å². The standard InChI is InChI=1S/C13H12N4O4S/c14-22(20,21)11-5-6-16(15-11)7-8-17-12(18)9-3-1-2-4-10(9)13(17)19/h1-6H,7-8H2,(H2,14,20,21). The van der Waals surface area contributed by atoms with Crippen LogP contribution in [-0.2, 0) is 16.6 Å². The number of primary sulfonamides is 1. The number of hydrogen-bond donors (Lipinski definition) is 1. The number of amides is 2. The lowest BCUT2D eigenvalue weighted by atomic mass is 10.1. The van der Waals surface area contributed by atoms with Gasteiger partial charge < -0.3 is 0 Å². The summed E-state index contributed by atoms with van der Waals surface area (Å²) in [6.07, 6.45) is 1.43. The zero-order valence-corrected chi connectivity index (χ0v) is 12.2. The second-order valence-electron chi connectivity index (χ2n) is 4.77. The molecule has 2 amide bonds. The predicted molar refractivity (Wildman–Crippen MR) is 75.4 cm³/mol. The number of carbonyl (C=O) groups is 2. The fourth-order valence-electron chi connectivity index (χ4n) is 2.26. The number of aromatic nitrogens is 2. The van der Waals surface area contributed by atoms with Gasteiger partial charge in [-0.15, -0.1) is 0 Å². The highest BCUT2D eigenvalue weighted by atomic mass is 32.2. The normalized spacial score (nSPS) is 14.5. The van der Waals surface area contributed by atoms with E-state index in [9.17, 15) is 18.0 Å². The minimum absolute atomic E-state index is 0.0953. The van der Waals surface area contributed by atoms with Crippen LogP contribution in [-0.4, -0.2) is 41.5 Å². The molecule has 0 aliphatic carbocycles. The summed E-state index contributed by atoms with van der Waals surface area (Å²) >= 11 is 0. The van der Waals surface area contributed by atoms with Gasteiger partial charge in [0.15, 0.2) is 5.03 Å². The van der Waals surface area contributed by atoms with Gasteiger partial charge in [-0.25, -0.2) is 13.6 Å². The molecule has 0 saturated heterocycles. The maximum absolute atomic E-state index is 12.2. The number of rotatable bonds is 4. The minimum Gasteiger partial charge on any atom is -0.272 e. The molecular weight excluding hydrogens is 308 g/mol. The van der Waals surface area contributed by atoms with E-state index >= 15 is 0 Å². The molecule has 1 aromatic carbocycles. The third kappa shape index (κ3) is 2.40. The smallest absolute Gasteiger partial charge is 0.261 e. The molecule has 2 aromatic rings. The predicted octanol–water partition coefficient (Wildman–Crippen LogP) is -0.173. The molecule has 1 aromatic heterocycles. The highest BCUT2D eigenvalue weighted by molar-refractivity contribution is 7.89. The van der Waals surface area contributed by atoms with Gasteiger partial charge in [0.1, 0.15) is 0 Å². The number of sulfonamides is 1. The summed E-state index contributed by atoms with van der Waals surface area (Å²) < 4.78 is 23.6. The lowest BCUT2D eigenvalue weighted by Gasteiger charge is -2.13. The van der Waals surface area contributed by atoms with Crippen LogP contribution in [0.25, 0.3) is 0 Å². The molecule has 9 heteroatoms. The summed E-state index contributed by atoms with van der Waals surface area (Å²) in [4.78, 5) is 25.4. The van der Waals surface area contributed by atoms with Gasteiger partial charge in [0, 0.05) is 12.7 Å². The Morgan fingerprint density at radius 2 is 1.59 bits per heavy atom. The lowest BCUT2D eigenvalue weighted by molar-refractivity contribution is 0.0647. The largest absolute Gasteiger partial charge is 0.272 e. The number of hydrogen-bond acceptors (Lipinski definition) is 5. The Hall–Kier alpha value is -2.52. The van der Waals surface area contributed by atoms with E-state index in [0.29, 0.717) is 11.1 Å². The third-order valence-electron chi connectivity index (χ3n) is 3.34. The summed E-state index contributed by atoms with van der Waals surface area (Å²) in [6, 6.07) is 7.85. The first-order valence-corrected chi connectivity index (χ1v) is 7.94. The van der Waals surface area contributed by atoms with Crippen molar-refractivity contribution in [1.82, 2.24) is 14.7 Å². The van der Waals surface area contributed by atoms with Crippen molar-refractivity contribution in [2.24, 2.45) is 5.14 Å². The molecule has 1 aliphatic heterocycles. The van der Waals surface area contributed by atoms with Gasteiger partial charge in [-0.1, -0.05) is 12.1 Å². The van der Waals surface area contributed by atoms with Crippen molar-refractivity contribution in [3.05, 3.63) is 47.7 Å². The van der Waals surface area contributed by atoms with Gasteiger partial charge in [0.25, 0.3) is 21.8 Å². The third-order valence-corrected chi connectivity index (χ3v) is 4.14. The van der Waals surface area contributed by atoms with Crippen LogP contribution in [0.15, 0.2) is 41.6 Å². The molecule has 22 heavy (non-hydrogen) atoms. The molecule has 1 aliphatic rings. The number of nitrogens with zero attached hydrogens (tertiary/aromatic N) is 3. The molecule has 8 nitrogen and oxygen atoms in total. The second kappa shape index (κ2) is 5.04. The van der Waals surface area contributed by atoms with Crippen LogP contribution in [0.4, 0.5) is 0 Å². The molecule has 0 fully saturated rings. The Labute approximate surface area is 126 Å². The molecule has 0 saturated carbocycles. The van der Waals surface area contributed by atoms with E-state index in [1.807, 2.05) is 0 Å². The molecule has 0 atom stereocenters. The van der Waals surface area contributed by atoms with Crippen LogP contribution in [0.2, 0.25) is 0 Å². The fraction of sp³-hybridized carbons (Fsp3) is 0.154. The lowest BCUT2D eigenvalue weighted by Crippen LogP contribution is -2.33. The van der Waals surface area contributed by atoms with E-state index in [1.165, 1.54) is 16.9 Å². The van der Waals surface area contributed by atoms with Crippen molar-refractivity contribution in [3.8, 4) is 0 Å². The number of nitrogens with two attached hydrogens (primary N) is 1. The number of carbonyl (C=O) groups excluding carboxylic acids is 2. The van der Waals surface area contributed by atoms with Crippen LogP contribution >= 0.6 is 0 Å². The maximum atomic E-state index is 12.2. The average molecular weight is 320 g/mol. The molecule has 0 unspecified atom stereocenters. The van der Waals surface area contributed by atoms with Crippen LogP contribution < -0.4 is 5.14 Å². The highest BCUT2D eigenvalue weighted by Gasteiger charge is 2.34. The van der Waals surface area contributed by atoms with Crippen molar-refractivity contribution < 1.29 is 18.0 Å². The molecule has 2 N–H and O–H groups in total. The topological polar surface area (TPSA) is 115 Å². The zero-order valence-electron chi connectivity index (χ0n) is 11.3. The van der Waals surface area contributed by atoms with E-state index in [1.54, 1.807) is 24.3 Å². The summed E-state index contributed by atoms with van der Waals surface area (Å²) in [7, 11) is -3.86. The van der Waals surface area contributed by atoms with Gasteiger partial charge >= 0.3 is 0 Å². The van der Waals surface area contributed by atoms with Crippen molar-refractivity contribution >= 4 is 21.8 Å². The monoisotopic (exact) mass is 320 g/mol. The maximum Gasteiger partial charge on any atom is 0.261 e. The van der Waals surface area contributed by atoms with Crippen LogP contribution in [0.5, 0.6) is 0 Å². The molecule has 114 valence electrons.